The zero-order chi connectivity index (χ0) is 11.3. The molecule has 0 spiro atoms. The molecule has 0 aliphatic carbocycles. The van der Waals surface area contributed by atoms with Gasteiger partial charge in [0, 0.05) is 24.3 Å². The Morgan fingerprint density at radius 3 is 2.73 bits per heavy atom. The van der Waals surface area contributed by atoms with Gasteiger partial charge in [-0.05, 0) is 31.9 Å². The van der Waals surface area contributed by atoms with Crippen LogP contribution in [0.2, 0.25) is 0 Å². The largest absolute Gasteiger partial charge is 0.370 e. The van der Waals surface area contributed by atoms with Crippen LogP contribution >= 0.6 is 0 Å². The fourth-order valence-corrected chi connectivity index (χ4v) is 1.65. The average Bonchev–Trinajstić information content (AvgIpc) is 2.17. The molecule has 0 aliphatic heterocycles. The van der Waals surface area contributed by atoms with Crippen molar-refractivity contribution in [1.82, 2.24) is 4.98 Å². The van der Waals surface area contributed by atoms with Gasteiger partial charge in [0.2, 0.25) is 0 Å². The predicted octanol–water partition coefficient (Wildman–Crippen LogP) is 2.37. The second-order valence-corrected chi connectivity index (χ2v) is 3.89. The molecule has 1 aromatic rings. The molecule has 0 saturated carbocycles. The third-order valence-electron chi connectivity index (χ3n) is 2.50. The lowest BCUT2D eigenvalue weighted by molar-refractivity contribution is 0.827. The zero-order valence-corrected chi connectivity index (χ0v) is 9.93. The fraction of sp³-hybridized carbons (Fsp3) is 0.583. The maximum absolute atomic E-state index is 5.73. The summed E-state index contributed by atoms with van der Waals surface area (Å²) in [6.45, 7) is 7.80. The molecule has 0 amide bonds. The van der Waals surface area contributed by atoms with Crippen LogP contribution in [0.3, 0.4) is 0 Å². The van der Waals surface area contributed by atoms with Gasteiger partial charge in [-0.2, -0.15) is 0 Å². The number of nitrogens with zero attached hydrogens (tertiary/aromatic N) is 1. The lowest BCUT2D eigenvalue weighted by Gasteiger charge is -2.13. The first-order valence-electron chi connectivity index (χ1n) is 5.60. The van der Waals surface area contributed by atoms with Gasteiger partial charge in [-0.3, -0.25) is 0 Å². The molecule has 1 aromatic heterocycles. The van der Waals surface area contributed by atoms with Crippen molar-refractivity contribution < 1.29 is 0 Å². The first-order chi connectivity index (χ1) is 7.19. The van der Waals surface area contributed by atoms with Crippen molar-refractivity contribution in [2.75, 3.05) is 11.9 Å². The third-order valence-corrected chi connectivity index (χ3v) is 2.50. The topological polar surface area (TPSA) is 50.9 Å². The molecular formula is C12H21N3. The lowest BCUT2D eigenvalue weighted by atomic mass is 10.1. The van der Waals surface area contributed by atoms with Crippen molar-refractivity contribution in [2.45, 2.75) is 40.2 Å². The minimum absolute atomic E-state index is 0.549. The van der Waals surface area contributed by atoms with Crippen LogP contribution in [0.25, 0.3) is 0 Å². The Kier molecular flexibility index (Phi) is 4.56. The number of aryl methyl sites for hydroxylation is 2. The summed E-state index contributed by atoms with van der Waals surface area (Å²) in [4.78, 5) is 4.49. The number of hydrogen-bond donors (Lipinski definition) is 2. The van der Waals surface area contributed by atoms with Crippen molar-refractivity contribution in [1.29, 1.82) is 0 Å². The molecule has 0 fully saturated rings. The summed E-state index contributed by atoms with van der Waals surface area (Å²) in [5.74, 6) is 0.962. The lowest BCUT2D eigenvalue weighted by Crippen LogP contribution is -2.11. The molecule has 3 nitrogen and oxygen atoms in total. The summed E-state index contributed by atoms with van der Waals surface area (Å²) in [6.07, 6.45) is 2.36. The van der Waals surface area contributed by atoms with Crippen molar-refractivity contribution in [2.24, 2.45) is 5.73 Å². The van der Waals surface area contributed by atoms with E-state index in [1.54, 1.807) is 0 Å². The van der Waals surface area contributed by atoms with E-state index in [4.69, 9.17) is 5.73 Å². The van der Waals surface area contributed by atoms with Crippen molar-refractivity contribution in [3.8, 4) is 0 Å². The smallest absolute Gasteiger partial charge is 0.131 e. The molecule has 0 aromatic carbocycles. The fourth-order valence-electron chi connectivity index (χ4n) is 1.65. The number of nitrogens with one attached hydrogen (secondary N) is 1. The second kappa shape index (κ2) is 5.71. The summed E-state index contributed by atoms with van der Waals surface area (Å²) in [6, 6.07) is 2.08. The van der Waals surface area contributed by atoms with Crippen LogP contribution in [0.1, 0.15) is 36.6 Å². The Morgan fingerprint density at radius 1 is 1.40 bits per heavy atom. The quantitative estimate of drug-likeness (QED) is 0.729. The van der Waals surface area contributed by atoms with E-state index in [2.05, 4.69) is 30.2 Å². The summed E-state index contributed by atoms with van der Waals surface area (Å²) in [7, 11) is 0. The van der Waals surface area contributed by atoms with Gasteiger partial charge in [0.1, 0.15) is 5.82 Å². The van der Waals surface area contributed by atoms with Crippen molar-refractivity contribution >= 4 is 5.82 Å². The van der Waals surface area contributed by atoms with E-state index in [1.807, 2.05) is 6.92 Å². The van der Waals surface area contributed by atoms with E-state index in [9.17, 15) is 0 Å². The molecule has 0 unspecified atom stereocenters. The maximum atomic E-state index is 5.73. The van der Waals surface area contributed by atoms with Crippen molar-refractivity contribution in [3.63, 3.8) is 0 Å². The van der Waals surface area contributed by atoms with E-state index in [1.165, 1.54) is 18.4 Å². The Bertz CT molecular complexity index is 321. The molecule has 0 bridgehead atoms. The molecular weight excluding hydrogens is 186 g/mol. The standard InChI is InChI=1S/C12H21N3/c1-4-5-6-14-12-11(8-13)9(2)7-10(3)15-12/h7H,4-6,8,13H2,1-3H3,(H,14,15). The monoisotopic (exact) mass is 207 g/mol. The normalized spacial score (nSPS) is 10.4. The zero-order valence-electron chi connectivity index (χ0n) is 9.93. The highest BCUT2D eigenvalue weighted by Gasteiger charge is 2.06. The first kappa shape index (κ1) is 12.0. The van der Waals surface area contributed by atoms with Gasteiger partial charge >= 0.3 is 0 Å². The number of nitrogens with two attached hydrogens (primary N) is 1. The van der Waals surface area contributed by atoms with E-state index >= 15 is 0 Å². The van der Waals surface area contributed by atoms with Crippen LogP contribution < -0.4 is 11.1 Å². The van der Waals surface area contributed by atoms with E-state index < -0.39 is 0 Å². The van der Waals surface area contributed by atoms with Gasteiger partial charge in [-0.25, -0.2) is 4.98 Å². The Labute approximate surface area is 92.1 Å². The van der Waals surface area contributed by atoms with Gasteiger partial charge in [-0.1, -0.05) is 13.3 Å². The van der Waals surface area contributed by atoms with Gasteiger partial charge in [0.25, 0.3) is 0 Å². The summed E-state index contributed by atoms with van der Waals surface area (Å²) < 4.78 is 0. The van der Waals surface area contributed by atoms with Crippen molar-refractivity contribution in [3.05, 3.63) is 22.9 Å². The number of hydrogen-bond acceptors (Lipinski definition) is 3. The van der Waals surface area contributed by atoms with Crippen LogP contribution in [0.5, 0.6) is 0 Å². The molecule has 0 atom stereocenters. The molecule has 15 heavy (non-hydrogen) atoms. The molecule has 0 aliphatic rings. The van der Waals surface area contributed by atoms with Crippen LogP contribution in [0, 0.1) is 13.8 Å². The van der Waals surface area contributed by atoms with Crippen LogP contribution in [-0.2, 0) is 6.54 Å². The Hall–Kier alpha value is -1.09. The third kappa shape index (κ3) is 3.20. The van der Waals surface area contributed by atoms with Gasteiger partial charge in [0.15, 0.2) is 0 Å². The van der Waals surface area contributed by atoms with Gasteiger partial charge in [0.05, 0.1) is 0 Å². The molecule has 84 valence electrons. The minimum atomic E-state index is 0.549. The number of aromatic nitrogens is 1. The van der Waals surface area contributed by atoms with E-state index in [0.717, 1.165) is 23.6 Å². The molecule has 0 radical (unpaired) electrons. The van der Waals surface area contributed by atoms with Crippen LogP contribution in [0.4, 0.5) is 5.82 Å². The second-order valence-electron chi connectivity index (χ2n) is 3.89. The summed E-state index contributed by atoms with van der Waals surface area (Å²) >= 11 is 0. The molecule has 3 N–H and O–H groups in total. The highest BCUT2D eigenvalue weighted by Crippen LogP contribution is 2.17. The van der Waals surface area contributed by atoms with Gasteiger partial charge < -0.3 is 11.1 Å². The number of pyridine rings is 1. The Balaban J connectivity index is 2.84. The number of rotatable bonds is 5. The molecule has 1 rings (SSSR count). The molecule has 0 saturated heterocycles. The van der Waals surface area contributed by atoms with E-state index in [-0.39, 0.29) is 0 Å². The van der Waals surface area contributed by atoms with E-state index in [0.29, 0.717) is 6.54 Å². The average molecular weight is 207 g/mol. The van der Waals surface area contributed by atoms with Gasteiger partial charge in [-0.15, -0.1) is 0 Å². The molecule has 1 heterocycles. The summed E-state index contributed by atoms with van der Waals surface area (Å²) in [5, 5.41) is 3.36. The Morgan fingerprint density at radius 2 is 2.13 bits per heavy atom. The molecule has 3 heteroatoms. The van der Waals surface area contributed by atoms with Crippen LogP contribution in [-0.4, -0.2) is 11.5 Å². The number of anilines is 1. The predicted molar refractivity (Wildman–Crippen MR) is 65.0 cm³/mol. The number of unbranched alkanes of at least 4 members (excludes halogenated alkanes) is 1. The SMILES string of the molecule is CCCCNc1nc(C)cc(C)c1CN. The minimum Gasteiger partial charge on any atom is -0.370 e. The first-order valence-corrected chi connectivity index (χ1v) is 5.60. The highest BCUT2D eigenvalue weighted by atomic mass is 15.0. The highest BCUT2D eigenvalue weighted by molar-refractivity contribution is 5.49. The maximum Gasteiger partial charge on any atom is 0.131 e. The summed E-state index contributed by atoms with van der Waals surface area (Å²) in [5.41, 5.74) is 9.13. The van der Waals surface area contributed by atoms with Crippen LogP contribution in [0.15, 0.2) is 6.07 Å².